The summed E-state index contributed by atoms with van der Waals surface area (Å²) in [6, 6.07) is 6.04. The van der Waals surface area contributed by atoms with E-state index in [0.29, 0.717) is 10.1 Å². The van der Waals surface area contributed by atoms with Gasteiger partial charge in [-0.2, -0.15) is 5.26 Å². The predicted octanol–water partition coefficient (Wildman–Crippen LogP) is 3.91. The lowest BCUT2D eigenvalue weighted by Crippen LogP contribution is -2.50. The molecular formula is C17H16ClFN2O3S. The van der Waals surface area contributed by atoms with Gasteiger partial charge in [0.2, 0.25) is 0 Å². The maximum atomic E-state index is 13.3. The van der Waals surface area contributed by atoms with E-state index in [1.165, 1.54) is 18.2 Å². The van der Waals surface area contributed by atoms with Gasteiger partial charge in [-0.3, -0.25) is 4.79 Å². The van der Waals surface area contributed by atoms with E-state index in [1.807, 2.05) is 6.07 Å². The second-order valence-electron chi connectivity index (χ2n) is 5.98. The number of carbonyl (C=O) groups is 2. The van der Waals surface area contributed by atoms with Crippen molar-refractivity contribution < 1.29 is 18.7 Å². The number of halogens is 2. The molecule has 0 radical (unpaired) electrons. The second kappa shape index (κ2) is 7.38. The second-order valence-corrected chi connectivity index (χ2v) is 7.41. The Hall–Kier alpha value is -2.17. The van der Waals surface area contributed by atoms with E-state index < -0.39 is 29.8 Å². The Balaban J connectivity index is 2.07. The molecule has 0 aliphatic heterocycles. The molecule has 1 aromatic heterocycles. The molecule has 0 saturated heterocycles. The quantitative estimate of drug-likeness (QED) is 0.795. The molecule has 0 saturated carbocycles. The zero-order valence-electron chi connectivity index (χ0n) is 13.9. The molecule has 0 aliphatic carbocycles. The SMILES string of the molecule is CC(C)[C@@](C)(C#N)NC(=O)COC(=O)c1sc2cc(F)ccc2c1Cl. The first-order chi connectivity index (χ1) is 11.7. The maximum Gasteiger partial charge on any atom is 0.350 e. The Morgan fingerprint density at radius 2 is 2.16 bits per heavy atom. The van der Waals surface area contributed by atoms with E-state index >= 15 is 0 Å². The van der Waals surface area contributed by atoms with Gasteiger partial charge in [0.05, 0.1) is 11.1 Å². The molecule has 132 valence electrons. The van der Waals surface area contributed by atoms with Crippen LogP contribution in [0.4, 0.5) is 4.39 Å². The van der Waals surface area contributed by atoms with Gasteiger partial charge in [0, 0.05) is 10.1 Å². The van der Waals surface area contributed by atoms with Gasteiger partial charge in [-0.15, -0.1) is 11.3 Å². The molecule has 1 N–H and O–H groups in total. The zero-order valence-corrected chi connectivity index (χ0v) is 15.4. The third-order valence-corrected chi connectivity index (χ3v) is 5.53. The minimum atomic E-state index is -1.06. The van der Waals surface area contributed by atoms with E-state index in [2.05, 4.69) is 5.32 Å². The monoisotopic (exact) mass is 382 g/mol. The van der Waals surface area contributed by atoms with Crippen molar-refractivity contribution in [1.29, 1.82) is 5.26 Å². The highest BCUT2D eigenvalue weighted by atomic mass is 35.5. The highest BCUT2D eigenvalue weighted by molar-refractivity contribution is 7.21. The molecule has 1 amide bonds. The van der Waals surface area contributed by atoms with Crippen molar-refractivity contribution in [2.45, 2.75) is 26.3 Å². The van der Waals surface area contributed by atoms with Gasteiger partial charge in [0.25, 0.3) is 5.91 Å². The number of esters is 1. The van der Waals surface area contributed by atoms with E-state index in [1.54, 1.807) is 20.8 Å². The largest absolute Gasteiger partial charge is 0.451 e. The summed E-state index contributed by atoms with van der Waals surface area (Å²) in [5.74, 6) is -1.92. The standard InChI is InChI=1S/C17H16ClFN2O3S/c1-9(2)17(3,8-20)21-13(22)7-24-16(23)15-14(18)11-5-4-10(19)6-12(11)25-15/h4-6,9H,7H2,1-3H3,(H,21,22)/t17-/m1/s1. The van der Waals surface area contributed by atoms with E-state index in [-0.39, 0.29) is 15.8 Å². The normalized spacial score (nSPS) is 13.3. The number of hydrogen-bond acceptors (Lipinski definition) is 5. The molecule has 0 aliphatic rings. The molecule has 25 heavy (non-hydrogen) atoms. The Kier molecular flexibility index (Phi) is 5.65. The van der Waals surface area contributed by atoms with Crippen molar-refractivity contribution >= 4 is 44.9 Å². The summed E-state index contributed by atoms with van der Waals surface area (Å²) in [5, 5.41) is 12.4. The fraction of sp³-hybridized carbons (Fsp3) is 0.353. The van der Waals surface area contributed by atoms with E-state index in [0.717, 1.165) is 11.3 Å². The molecule has 0 fully saturated rings. The van der Waals surface area contributed by atoms with Gasteiger partial charge in [-0.25, -0.2) is 9.18 Å². The first-order valence-corrected chi connectivity index (χ1v) is 8.64. The van der Waals surface area contributed by atoms with Crippen LogP contribution in [-0.4, -0.2) is 24.0 Å². The number of nitrogens with zero attached hydrogens (tertiary/aromatic N) is 1. The number of carbonyl (C=O) groups excluding carboxylic acids is 2. The third kappa shape index (κ3) is 4.09. The summed E-state index contributed by atoms with van der Waals surface area (Å²) in [7, 11) is 0. The van der Waals surface area contributed by atoms with Crippen molar-refractivity contribution in [1.82, 2.24) is 5.32 Å². The number of fused-ring (bicyclic) bond motifs is 1. The summed E-state index contributed by atoms with van der Waals surface area (Å²) >= 11 is 7.12. The van der Waals surface area contributed by atoms with Crippen molar-refractivity contribution in [3.8, 4) is 6.07 Å². The molecule has 0 spiro atoms. The van der Waals surface area contributed by atoms with Crippen LogP contribution in [0.1, 0.15) is 30.4 Å². The fourth-order valence-corrected chi connectivity index (χ4v) is 3.42. The van der Waals surface area contributed by atoms with Crippen molar-refractivity contribution in [3.63, 3.8) is 0 Å². The maximum absolute atomic E-state index is 13.3. The molecule has 5 nitrogen and oxygen atoms in total. The van der Waals surface area contributed by atoms with Crippen molar-refractivity contribution in [2.24, 2.45) is 5.92 Å². The summed E-state index contributed by atoms with van der Waals surface area (Å²) in [5.41, 5.74) is -1.06. The highest BCUT2D eigenvalue weighted by Crippen LogP contribution is 2.36. The molecule has 0 unspecified atom stereocenters. The molecule has 8 heteroatoms. The molecule has 1 heterocycles. The number of nitriles is 1. The van der Waals surface area contributed by atoms with Crippen LogP contribution >= 0.6 is 22.9 Å². The Bertz CT molecular complexity index is 875. The van der Waals surface area contributed by atoms with Gasteiger partial charge < -0.3 is 10.1 Å². The van der Waals surface area contributed by atoms with E-state index in [9.17, 15) is 19.2 Å². The van der Waals surface area contributed by atoms with Crippen LogP contribution in [0.5, 0.6) is 0 Å². The zero-order chi connectivity index (χ0) is 18.8. The minimum Gasteiger partial charge on any atom is -0.451 e. The van der Waals surface area contributed by atoms with Crippen LogP contribution in [0, 0.1) is 23.1 Å². The van der Waals surface area contributed by atoms with E-state index in [4.69, 9.17) is 16.3 Å². The van der Waals surface area contributed by atoms with Crippen LogP contribution in [-0.2, 0) is 9.53 Å². The average Bonchev–Trinajstić information content (AvgIpc) is 2.88. The van der Waals surface area contributed by atoms with Crippen LogP contribution in [0.2, 0.25) is 5.02 Å². The van der Waals surface area contributed by atoms with Crippen LogP contribution in [0.25, 0.3) is 10.1 Å². The number of rotatable bonds is 5. The van der Waals surface area contributed by atoms with Crippen LogP contribution < -0.4 is 5.32 Å². The number of ether oxygens (including phenoxy) is 1. The number of amides is 1. The number of hydrogen-bond donors (Lipinski definition) is 1. The van der Waals surface area contributed by atoms with Crippen LogP contribution in [0.3, 0.4) is 0 Å². The lowest BCUT2D eigenvalue weighted by molar-refractivity contribution is -0.125. The average molecular weight is 383 g/mol. The molecule has 2 aromatic rings. The summed E-state index contributed by atoms with van der Waals surface area (Å²) in [6.45, 7) is 4.65. The molecule has 1 aromatic carbocycles. The van der Waals surface area contributed by atoms with Gasteiger partial charge in [-0.1, -0.05) is 25.4 Å². The molecule has 2 rings (SSSR count). The predicted molar refractivity (Wildman–Crippen MR) is 94.1 cm³/mol. The number of thiophene rings is 1. The van der Waals surface area contributed by atoms with Crippen molar-refractivity contribution in [2.75, 3.05) is 6.61 Å². The summed E-state index contributed by atoms with van der Waals surface area (Å²) in [6.07, 6.45) is 0. The van der Waals surface area contributed by atoms with Gasteiger partial charge in [0.15, 0.2) is 6.61 Å². The highest BCUT2D eigenvalue weighted by Gasteiger charge is 2.30. The fourth-order valence-electron chi connectivity index (χ4n) is 1.99. The first kappa shape index (κ1) is 19.2. The molecular weight excluding hydrogens is 367 g/mol. The Morgan fingerprint density at radius 1 is 1.48 bits per heavy atom. The van der Waals surface area contributed by atoms with Gasteiger partial charge in [-0.05, 0) is 31.0 Å². The lowest BCUT2D eigenvalue weighted by Gasteiger charge is -2.27. The molecule has 0 bridgehead atoms. The molecule has 1 atom stereocenters. The minimum absolute atomic E-state index is 0.0990. The van der Waals surface area contributed by atoms with Crippen LogP contribution in [0.15, 0.2) is 18.2 Å². The Morgan fingerprint density at radius 3 is 2.76 bits per heavy atom. The van der Waals surface area contributed by atoms with Crippen molar-refractivity contribution in [3.05, 3.63) is 33.9 Å². The van der Waals surface area contributed by atoms with Gasteiger partial charge >= 0.3 is 5.97 Å². The van der Waals surface area contributed by atoms with Gasteiger partial charge in [0.1, 0.15) is 16.2 Å². The Labute approximate surface area is 153 Å². The number of nitrogens with one attached hydrogen (secondary N) is 1. The summed E-state index contributed by atoms with van der Waals surface area (Å²) < 4.78 is 18.7. The first-order valence-electron chi connectivity index (χ1n) is 7.45. The third-order valence-electron chi connectivity index (χ3n) is 3.90. The topological polar surface area (TPSA) is 79.2 Å². The smallest absolute Gasteiger partial charge is 0.350 e. The lowest BCUT2D eigenvalue weighted by atomic mass is 9.90. The number of benzene rings is 1. The summed E-state index contributed by atoms with van der Waals surface area (Å²) in [4.78, 5) is 24.2.